The van der Waals surface area contributed by atoms with Crippen molar-refractivity contribution in [2.24, 2.45) is 23.7 Å². The van der Waals surface area contributed by atoms with E-state index in [4.69, 9.17) is 0 Å². The Kier molecular flexibility index (Phi) is 7.41. The topological polar surface area (TPSA) is 133 Å². The van der Waals surface area contributed by atoms with Gasteiger partial charge in [-0.1, -0.05) is 25.7 Å². The summed E-state index contributed by atoms with van der Waals surface area (Å²) in [6.45, 7) is 0.412. The van der Waals surface area contributed by atoms with E-state index in [-0.39, 0.29) is 24.9 Å². The normalized spacial score (nSPS) is 28.8. The Morgan fingerprint density at radius 2 is 0.923 bits per heavy atom. The third-order valence-electron chi connectivity index (χ3n) is 5.56. The average molecular weight is 368 g/mol. The Hall–Kier alpha value is -2.12. The van der Waals surface area contributed by atoms with Gasteiger partial charge < -0.3 is 20.8 Å². The maximum absolute atomic E-state index is 12.2. The number of rotatable bonds is 7. The summed E-state index contributed by atoms with van der Waals surface area (Å²) in [4.78, 5) is 47.0. The first-order chi connectivity index (χ1) is 12.4. The molecule has 2 amide bonds. The second-order valence-corrected chi connectivity index (χ2v) is 7.25. The predicted molar refractivity (Wildman–Crippen MR) is 92.2 cm³/mol. The number of amides is 2. The third kappa shape index (κ3) is 5.19. The summed E-state index contributed by atoms with van der Waals surface area (Å²) in [7, 11) is 0. The second-order valence-electron chi connectivity index (χ2n) is 7.25. The monoisotopic (exact) mass is 368 g/mol. The lowest BCUT2D eigenvalue weighted by atomic mass is 9.78. The quantitative estimate of drug-likeness (QED) is 0.496. The van der Waals surface area contributed by atoms with E-state index in [0.717, 1.165) is 25.7 Å². The van der Waals surface area contributed by atoms with Gasteiger partial charge in [0.25, 0.3) is 0 Å². The van der Waals surface area contributed by atoms with Crippen LogP contribution in [0.5, 0.6) is 0 Å². The van der Waals surface area contributed by atoms with Crippen molar-refractivity contribution in [3.05, 3.63) is 0 Å². The minimum atomic E-state index is -0.935. The van der Waals surface area contributed by atoms with Crippen LogP contribution in [-0.2, 0) is 19.2 Å². The molecule has 2 aliphatic rings. The summed E-state index contributed by atoms with van der Waals surface area (Å²) >= 11 is 0. The van der Waals surface area contributed by atoms with Crippen LogP contribution < -0.4 is 10.6 Å². The average Bonchev–Trinajstić information content (AvgIpc) is 2.64. The van der Waals surface area contributed by atoms with Crippen LogP contribution in [0.2, 0.25) is 0 Å². The van der Waals surface area contributed by atoms with Crippen molar-refractivity contribution in [2.45, 2.75) is 51.4 Å². The molecule has 4 atom stereocenters. The van der Waals surface area contributed by atoms with Gasteiger partial charge in [0, 0.05) is 13.1 Å². The molecule has 0 spiro atoms. The van der Waals surface area contributed by atoms with Gasteiger partial charge in [0.2, 0.25) is 11.8 Å². The minimum Gasteiger partial charge on any atom is -0.481 e. The molecule has 8 nitrogen and oxygen atoms in total. The third-order valence-corrected chi connectivity index (χ3v) is 5.56. The summed E-state index contributed by atoms with van der Waals surface area (Å²) in [5.74, 6) is -4.77. The highest BCUT2D eigenvalue weighted by molar-refractivity contribution is 5.86. The molecule has 2 fully saturated rings. The summed E-state index contributed by atoms with van der Waals surface area (Å²) < 4.78 is 0. The van der Waals surface area contributed by atoms with E-state index >= 15 is 0 Å². The van der Waals surface area contributed by atoms with E-state index in [1.807, 2.05) is 0 Å². The molecule has 2 aliphatic carbocycles. The summed E-state index contributed by atoms with van der Waals surface area (Å²) in [6.07, 6.45) is 5.50. The molecular weight excluding hydrogens is 340 g/mol. The van der Waals surface area contributed by atoms with Gasteiger partial charge in [-0.25, -0.2) is 0 Å². The molecule has 0 unspecified atom stereocenters. The van der Waals surface area contributed by atoms with Crippen molar-refractivity contribution < 1.29 is 29.4 Å². The fourth-order valence-corrected chi connectivity index (χ4v) is 4.11. The van der Waals surface area contributed by atoms with Crippen LogP contribution >= 0.6 is 0 Å². The van der Waals surface area contributed by atoms with Gasteiger partial charge in [-0.05, 0) is 25.7 Å². The fraction of sp³-hybridized carbons (Fsp3) is 0.778. The van der Waals surface area contributed by atoms with E-state index < -0.39 is 35.6 Å². The van der Waals surface area contributed by atoms with Crippen LogP contribution in [0.4, 0.5) is 0 Å². The molecule has 8 heteroatoms. The van der Waals surface area contributed by atoms with Crippen LogP contribution in [0.1, 0.15) is 51.4 Å². The largest absolute Gasteiger partial charge is 0.481 e. The minimum absolute atomic E-state index is 0.206. The highest BCUT2D eigenvalue weighted by Gasteiger charge is 2.36. The molecule has 146 valence electrons. The van der Waals surface area contributed by atoms with Gasteiger partial charge in [0.1, 0.15) is 0 Å². The van der Waals surface area contributed by atoms with Crippen molar-refractivity contribution in [2.75, 3.05) is 13.1 Å². The number of carboxylic acid groups (broad SMARTS) is 2. The van der Waals surface area contributed by atoms with Gasteiger partial charge in [-0.3, -0.25) is 19.2 Å². The number of nitrogens with one attached hydrogen (secondary N) is 2. The molecule has 0 aromatic rings. The molecule has 0 aliphatic heterocycles. The summed E-state index contributed by atoms with van der Waals surface area (Å²) in [5.41, 5.74) is 0. The van der Waals surface area contributed by atoms with Crippen molar-refractivity contribution in [1.82, 2.24) is 10.6 Å². The van der Waals surface area contributed by atoms with Crippen molar-refractivity contribution in [1.29, 1.82) is 0 Å². The van der Waals surface area contributed by atoms with E-state index in [9.17, 15) is 29.4 Å². The van der Waals surface area contributed by atoms with Crippen LogP contribution in [-0.4, -0.2) is 47.1 Å². The first-order valence-corrected chi connectivity index (χ1v) is 9.43. The second kappa shape index (κ2) is 9.54. The van der Waals surface area contributed by atoms with Crippen LogP contribution in [0.15, 0.2) is 0 Å². The molecule has 0 saturated heterocycles. The Balaban J connectivity index is 1.75. The Labute approximate surface area is 152 Å². The van der Waals surface area contributed by atoms with Gasteiger partial charge in [0.15, 0.2) is 0 Å². The fourth-order valence-electron chi connectivity index (χ4n) is 4.11. The molecule has 4 N–H and O–H groups in total. The Morgan fingerprint density at radius 1 is 0.615 bits per heavy atom. The zero-order valence-corrected chi connectivity index (χ0v) is 14.9. The molecule has 0 aromatic heterocycles. The molecule has 0 heterocycles. The lowest BCUT2D eigenvalue weighted by molar-refractivity contribution is -0.149. The standard InChI is InChI=1S/C18H28N2O6/c21-15(11-5-1-3-7-13(11)17(23)24)19-9-10-20-16(22)12-6-2-4-8-14(12)18(25)26/h11-14H,1-10H2,(H,19,21)(H,20,22)(H,23,24)(H,25,26)/t11-,12-,13+,14+/m0/s1. The Bertz CT molecular complexity index is 502. The van der Waals surface area contributed by atoms with E-state index in [1.54, 1.807) is 0 Å². The van der Waals surface area contributed by atoms with Gasteiger partial charge in [-0.2, -0.15) is 0 Å². The highest BCUT2D eigenvalue weighted by atomic mass is 16.4. The molecular formula is C18H28N2O6. The van der Waals surface area contributed by atoms with Gasteiger partial charge in [0.05, 0.1) is 23.7 Å². The number of carbonyl (C=O) groups excluding carboxylic acids is 2. The smallest absolute Gasteiger partial charge is 0.307 e. The lowest BCUT2D eigenvalue weighted by Crippen LogP contribution is -2.44. The zero-order valence-electron chi connectivity index (χ0n) is 14.9. The van der Waals surface area contributed by atoms with Crippen LogP contribution in [0.25, 0.3) is 0 Å². The van der Waals surface area contributed by atoms with E-state index in [0.29, 0.717) is 25.7 Å². The number of hydrogen-bond donors (Lipinski definition) is 4. The van der Waals surface area contributed by atoms with Crippen molar-refractivity contribution in [3.8, 4) is 0 Å². The van der Waals surface area contributed by atoms with Crippen LogP contribution in [0.3, 0.4) is 0 Å². The Morgan fingerprint density at radius 3 is 1.23 bits per heavy atom. The summed E-state index contributed by atoms with van der Waals surface area (Å²) in [5, 5.41) is 23.9. The first kappa shape index (κ1) is 20.2. The maximum atomic E-state index is 12.2. The van der Waals surface area contributed by atoms with Crippen LogP contribution in [0, 0.1) is 23.7 Å². The molecule has 2 rings (SSSR count). The van der Waals surface area contributed by atoms with Crippen molar-refractivity contribution in [3.63, 3.8) is 0 Å². The van der Waals surface area contributed by atoms with Crippen molar-refractivity contribution >= 4 is 23.8 Å². The predicted octanol–water partition coefficient (Wildman–Crippen LogP) is 1.00. The van der Waals surface area contributed by atoms with E-state index in [2.05, 4.69) is 10.6 Å². The van der Waals surface area contributed by atoms with Gasteiger partial charge >= 0.3 is 11.9 Å². The van der Waals surface area contributed by atoms with Gasteiger partial charge in [-0.15, -0.1) is 0 Å². The lowest BCUT2D eigenvalue weighted by Gasteiger charge is -2.28. The molecule has 0 radical (unpaired) electrons. The number of hydrogen-bond acceptors (Lipinski definition) is 4. The zero-order chi connectivity index (χ0) is 19.1. The first-order valence-electron chi connectivity index (χ1n) is 9.43. The summed E-state index contributed by atoms with van der Waals surface area (Å²) in [6, 6.07) is 0. The maximum Gasteiger partial charge on any atom is 0.307 e. The number of carboxylic acids is 2. The SMILES string of the molecule is O=C(NCCNC(=O)[C@H]1CCCC[C@H]1C(=O)O)[C@H]1CCCC[C@H]1C(=O)O. The molecule has 0 aromatic carbocycles. The van der Waals surface area contributed by atoms with E-state index in [1.165, 1.54) is 0 Å². The number of carbonyl (C=O) groups is 4. The molecule has 26 heavy (non-hydrogen) atoms. The number of aliphatic carboxylic acids is 2. The molecule has 0 bridgehead atoms. The highest BCUT2D eigenvalue weighted by Crippen LogP contribution is 2.31. The molecule has 2 saturated carbocycles.